The maximum atomic E-state index is 11.9. The van der Waals surface area contributed by atoms with Gasteiger partial charge in [0.15, 0.2) is 0 Å². The van der Waals surface area contributed by atoms with Crippen LogP contribution in [-0.4, -0.2) is 17.6 Å². The number of carbonyl (C=O) groups is 1. The van der Waals surface area contributed by atoms with E-state index in [0.717, 1.165) is 16.8 Å². The largest absolute Gasteiger partial charge is 0.489 e. The molecule has 0 saturated carbocycles. The number of nitrogens with zero attached hydrogens (tertiary/aromatic N) is 1. The summed E-state index contributed by atoms with van der Waals surface area (Å²) in [4.78, 5) is 16.3. The maximum Gasteiger partial charge on any atom is 0.356 e. The van der Waals surface area contributed by atoms with Gasteiger partial charge in [-0.15, -0.1) is 0 Å². The van der Waals surface area contributed by atoms with Crippen molar-refractivity contribution in [2.45, 2.75) is 20.0 Å². The molecular formula is C22H19Cl2NO3. The lowest BCUT2D eigenvalue weighted by atomic mass is 10.1. The molecule has 0 radical (unpaired) electrons. The number of hydrogen-bond donors (Lipinski definition) is 0. The van der Waals surface area contributed by atoms with Crippen molar-refractivity contribution in [1.82, 2.24) is 4.98 Å². The zero-order valence-electron chi connectivity index (χ0n) is 15.3. The lowest BCUT2D eigenvalue weighted by Crippen LogP contribution is -2.08. The standard InChI is InChI=1S/C22H19Cl2NO3/c1-2-27-22(26)20-5-3-4-19(25-20)13-16-12-18(24)10-11-21(16)28-14-15-6-8-17(23)9-7-15/h3-12H,2,13-14H2,1H3. The summed E-state index contributed by atoms with van der Waals surface area (Å²) in [6.45, 7) is 2.47. The van der Waals surface area contributed by atoms with Crippen molar-refractivity contribution in [3.8, 4) is 5.75 Å². The molecule has 0 fully saturated rings. The number of benzene rings is 2. The number of carbonyl (C=O) groups excluding carboxylic acids is 1. The lowest BCUT2D eigenvalue weighted by molar-refractivity contribution is 0.0519. The van der Waals surface area contributed by atoms with Crippen molar-refractivity contribution in [3.63, 3.8) is 0 Å². The van der Waals surface area contributed by atoms with Crippen molar-refractivity contribution in [2.24, 2.45) is 0 Å². The molecule has 0 aliphatic rings. The Labute approximate surface area is 174 Å². The molecule has 0 spiro atoms. The topological polar surface area (TPSA) is 48.4 Å². The first-order valence-electron chi connectivity index (χ1n) is 8.84. The van der Waals surface area contributed by atoms with E-state index in [1.807, 2.05) is 42.5 Å². The summed E-state index contributed by atoms with van der Waals surface area (Å²) in [5, 5.41) is 1.29. The molecule has 0 saturated heterocycles. The molecule has 3 rings (SSSR count). The van der Waals surface area contributed by atoms with Gasteiger partial charge in [0.1, 0.15) is 18.1 Å². The molecule has 0 N–H and O–H groups in total. The van der Waals surface area contributed by atoms with Gasteiger partial charge in [0, 0.05) is 27.7 Å². The van der Waals surface area contributed by atoms with Crippen LogP contribution in [0.4, 0.5) is 0 Å². The van der Waals surface area contributed by atoms with Crippen molar-refractivity contribution in [1.29, 1.82) is 0 Å². The number of ether oxygens (including phenoxy) is 2. The van der Waals surface area contributed by atoms with E-state index in [0.29, 0.717) is 35.4 Å². The molecule has 0 bridgehead atoms. The first-order chi connectivity index (χ1) is 13.5. The zero-order valence-corrected chi connectivity index (χ0v) is 16.8. The highest BCUT2D eigenvalue weighted by Crippen LogP contribution is 2.26. The van der Waals surface area contributed by atoms with Crippen molar-refractivity contribution < 1.29 is 14.3 Å². The number of rotatable bonds is 7. The number of pyridine rings is 1. The van der Waals surface area contributed by atoms with E-state index in [-0.39, 0.29) is 5.69 Å². The van der Waals surface area contributed by atoms with Gasteiger partial charge in [0.25, 0.3) is 0 Å². The summed E-state index contributed by atoms with van der Waals surface area (Å²) >= 11 is 12.1. The van der Waals surface area contributed by atoms with Crippen molar-refractivity contribution in [2.75, 3.05) is 6.61 Å². The minimum absolute atomic E-state index is 0.282. The van der Waals surface area contributed by atoms with Crippen molar-refractivity contribution >= 4 is 29.2 Å². The first kappa shape index (κ1) is 20.2. The summed E-state index contributed by atoms with van der Waals surface area (Å²) in [5.74, 6) is 0.275. The van der Waals surface area contributed by atoms with Crippen molar-refractivity contribution in [3.05, 3.63) is 93.2 Å². The summed E-state index contributed by atoms with van der Waals surface area (Å²) in [5.41, 5.74) is 2.90. The van der Waals surface area contributed by atoms with Crippen LogP contribution >= 0.6 is 23.2 Å². The molecule has 0 aliphatic carbocycles. The van der Waals surface area contributed by atoms with E-state index in [1.54, 1.807) is 25.1 Å². The highest BCUT2D eigenvalue weighted by molar-refractivity contribution is 6.30. The van der Waals surface area contributed by atoms with Gasteiger partial charge in [-0.25, -0.2) is 9.78 Å². The highest BCUT2D eigenvalue weighted by Gasteiger charge is 2.12. The quantitative estimate of drug-likeness (QED) is 0.461. The van der Waals surface area contributed by atoms with Crippen LogP contribution in [0.2, 0.25) is 10.0 Å². The van der Waals surface area contributed by atoms with Gasteiger partial charge in [-0.2, -0.15) is 0 Å². The Morgan fingerprint density at radius 3 is 2.50 bits per heavy atom. The molecule has 0 amide bonds. The third kappa shape index (κ3) is 5.47. The summed E-state index contributed by atoms with van der Waals surface area (Å²) in [6.07, 6.45) is 0.476. The molecular weight excluding hydrogens is 397 g/mol. The molecule has 1 aromatic heterocycles. The van der Waals surface area contributed by atoms with Gasteiger partial charge in [-0.1, -0.05) is 41.4 Å². The second kappa shape index (κ2) is 9.58. The van der Waals surface area contributed by atoms with Gasteiger partial charge in [-0.3, -0.25) is 0 Å². The number of aromatic nitrogens is 1. The third-order valence-electron chi connectivity index (χ3n) is 3.99. The molecule has 1 heterocycles. The maximum absolute atomic E-state index is 11.9. The van der Waals surface area contributed by atoms with E-state index >= 15 is 0 Å². The number of halogens is 2. The Balaban J connectivity index is 1.78. The third-order valence-corrected chi connectivity index (χ3v) is 4.48. The van der Waals surface area contributed by atoms with Gasteiger partial charge in [0.2, 0.25) is 0 Å². The Kier molecular flexibility index (Phi) is 6.90. The number of esters is 1. The second-order valence-corrected chi connectivity index (χ2v) is 6.95. The Hall–Kier alpha value is -2.56. The lowest BCUT2D eigenvalue weighted by Gasteiger charge is -2.12. The van der Waals surface area contributed by atoms with E-state index < -0.39 is 5.97 Å². The summed E-state index contributed by atoms with van der Waals surface area (Å²) in [6, 6.07) is 18.2. The fourth-order valence-electron chi connectivity index (χ4n) is 2.66. The van der Waals surface area contributed by atoms with E-state index in [4.69, 9.17) is 32.7 Å². The number of hydrogen-bond acceptors (Lipinski definition) is 4. The Morgan fingerprint density at radius 1 is 1.00 bits per heavy atom. The fraction of sp³-hybridized carbons (Fsp3) is 0.182. The van der Waals surface area contributed by atoms with E-state index in [9.17, 15) is 4.79 Å². The van der Waals surface area contributed by atoms with Gasteiger partial charge in [-0.05, 0) is 55.0 Å². The zero-order chi connectivity index (χ0) is 19.9. The predicted molar refractivity (Wildman–Crippen MR) is 110 cm³/mol. The fourth-order valence-corrected chi connectivity index (χ4v) is 2.98. The SMILES string of the molecule is CCOC(=O)c1cccc(Cc2cc(Cl)ccc2OCc2ccc(Cl)cc2)n1. The normalized spacial score (nSPS) is 10.5. The minimum atomic E-state index is -0.436. The average molecular weight is 416 g/mol. The smallest absolute Gasteiger partial charge is 0.356 e. The van der Waals surface area contributed by atoms with Crippen LogP contribution < -0.4 is 4.74 Å². The molecule has 144 valence electrons. The monoisotopic (exact) mass is 415 g/mol. The van der Waals surface area contributed by atoms with Gasteiger partial charge in [0.05, 0.1) is 6.61 Å². The Bertz CT molecular complexity index is 958. The molecule has 0 aliphatic heterocycles. The minimum Gasteiger partial charge on any atom is -0.489 e. The van der Waals surface area contributed by atoms with Crippen LogP contribution in [0.3, 0.4) is 0 Å². The second-order valence-electron chi connectivity index (χ2n) is 6.08. The van der Waals surface area contributed by atoms with Gasteiger partial charge >= 0.3 is 5.97 Å². The van der Waals surface area contributed by atoms with Crippen LogP contribution in [0.1, 0.15) is 34.2 Å². The summed E-state index contributed by atoms with van der Waals surface area (Å²) < 4.78 is 11.0. The average Bonchev–Trinajstić information content (AvgIpc) is 2.69. The molecule has 28 heavy (non-hydrogen) atoms. The Morgan fingerprint density at radius 2 is 1.75 bits per heavy atom. The predicted octanol–water partition coefficient (Wildman–Crippen LogP) is 5.73. The highest BCUT2D eigenvalue weighted by atomic mass is 35.5. The van der Waals surface area contributed by atoms with Gasteiger partial charge < -0.3 is 9.47 Å². The van der Waals surface area contributed by atoms with E-state index in [2.05, 4.69) is 4.98 Å². The van der Waals surface area contributed by atoms with Crippen LogP contribution in [0.5, 0.6) is 5.75 Å². The molecule has 0 atom stereocenters. The van der Waals surface area contributed by atoms with Crippen LogP contribution in [0.15, 0.2) is 60.7 Å². The molecule has 0 unspecified atom stereocenters. The molecule has 2 aromatic carbocycles. The first-order valence-corrected chi connectivity index (χ1v) is 9.59. The molecule has 3 aromatic rings. The van der Waals surface area contributed by atoms with Crippen LogP contribution in [-0.2, 0) is 17.8 Å². The van der Waals surface area contributed by atoms with E-state index in [1.165, 1.54) is 0 Å². The molecule has 4 nitrogen and oxygen atoms in total. The summed E-state index contributed by atoms with van der Waals surface area (Å²) in [7, 11) is 0. The molecule has 6 heteroatoms. The van der Waals surface area contributed by atoms with Crippen LogP contribution in [0.25, 0.3) is 0 Å². The van der Waals surface area contributed by atoms with Crippen LogP contribution in [0, 0.1) is 0 Å².